The first-order valence-electron chi connectivity index (χ1n) is 19.2. The topological polar surface area (TPSA) is 51.8 Å². The molecule has 0 N–H and O–H groups in total. The molecule has 0 radical (unpaired) electrons. The summed E-state index contributed by atoms with van der Waals surface area (Å²) >= 11 is 0. The number of benzene rings is 9. The smallest absolute Gasteiger partial charge is 0.167 e. The van der Waals surface area contributed by atoms with Gasteiger partial charge in [-0.2, -0.15) is 0 Å². The number of aromatic nitrogens is 3. The molecule has 0 amide bonds. The van der Waals surface area contributed by atoms with E-state index in [1.807, 2.05) is 12.1 Å². The summed E-state index contributed by atoms with van der Waals surface area (Å²) in [7, 11) is 0. The fraction of sp³-hybridized carbons (Fsp3) is 0. The molecule has 2 heterocycles. The van der Waals surface area contributed by atoms with Crippen molar-refractivity contribution in [2.75, 3.05) is 0 Å². The van der Waals surface area contributed by atoms with E-state index in [0.29, 0.717) is 17.5 Å². The summed E-state index contributed by atoms with van der Waals surface area (Å²) < 4.78 is 6.93. The Hall–Kier alpha value is -7.69. The van der Waals surface area contributed by atoms with Gasteiger partial charge in [-0.1, -0.05) is 182 Å². The van der Waals surface area contributed by atoms with Crippen LogP contribution in [0.5, 0.6) is 0 Å². The molecule has 11 rings (SSSR count). The van der Waals surface area contributed by atoms with Crippen LogP contribution in [0.4, 0.5) is 0 Å². The molecule has 0 spiro atoms. The highest BCUT2D eigenvalue weighted by molar-refractivity contribution is 6.20. The Labute approximate surface area is 329 Å². The summed E-state index contributed by atoms with van der Waals surface area (Å²) in [6.45, 7) is 0. The molecule has 4 nitrogen and oxygen atoms in total. The van der Waals surface area contributed by atoms with Gasteiger partial charge in [-0.05, 0) is 67.7 Å². The molecule has 0 unspecified atom stereocenters. The monoisotopic (exact) mass is 727 g/mol. The summed E-state index contributed by atoms with van der Waals surface area (Å²) in [5.41, 5.74) is 11.2. The van der Waals surface area contributed by atoms with Crippen LogP contribution in [0.2, 0.25) is 0 Å². The summed E-state index contributed by atoms with van der Waals surface area (Å²) in [4.78, 5) is 15.4. The van der Waals surface area contributed by atoms with Crippen LogP contribution in [-0.2, 0) is 0 Å². The van der Waals surface area contributed by atoms with E-state index in [4.69, 9.17) is 19.4 Å². The molecule has 0 saturated carbocycles. The number of para-hydroxylation sites is 1. The Morgan fingerprint density at radius 3 is 1.46 bits per heavy atom. The average Bonchev–Trinajstić information content (AvgIpc) is 3.68. The number of furan rings is 1. The molecule has 266 valence electrons. The van der Waals surface area contributed by atoms with Gasteiger partial charge < -0.3 is 4.42 Å². The maximum Gasteiger partial charge on any atom is 0.167 e. The van der Waals surface area contributed by atoms with Crippen molar-refractivity contribution >= 4 is 43.5 Å². The van der Waals surface area contributed by atoms with Gasteiger partial charge in [0.25, 0.3) is 0 Å². The predicted octanol–water partition coefficient (Wildman–Crippen LogP) is 14.1. The number of fused-ring (bicyclic) bond motifs is 6. The van der Waals surface area contributed by atoms with Crippen molar-refractivity contribution < 1.29 is 4.42 Å². The predicted molar refractivity (Wildman–Crippen MR) is 235 cm³/mol. The Bertz CT molecular complexity index is 3260. The van der Waals surface area contributed by atoms with E-state index < -0.39 is 0 Å². The van der Waals surface area contributed by atoms with E-state index in [2.05, 4.69) is 188 Å². The van der Waals surface area contributed by atoms with Gasteiger partial charge >= 0.3 is 0 Å². The van der Waals surface area contributed by atoms with E-state index in [1.54, 1.807) is 0 Å². The minimum Gasteiger partial charge on any atom is -0.455 e. The zero-order valence-electron chi connectivity index (χ0n) is 30.8. The molecule has 0 aliphatic rings. The average molecular weight is 728 g/mol. The summed E-state index contributed by atoms with van der Waals surface area (Å²) in [5.74, 6) is 1.76. The van der Waals surface area contributed by atoms with Gasteiger partial charge in [0.1, 0.15) is 11.2 Å². The van der Waals surface area contributed by atoms with Crippen molar-refractivity contribution in [2.24, 2.45) is 0 Å². The molecule has 0 saturated heterocycles. The van der Waals surface area contributed by atoms with E-state index in [-0.39, 0.29) is 0 Å². The number of nitrogens with zero attached hydrogens (tertiary/aromatic N) is 3. The number of hydrogen-bond acceptors (Lipinski definition) is 4. The third kappa shape index (κ3) is 5.83. The molecule has 0 bridgehead atoms. The second-order valence-electron chi connectivity index (χ2n) is 14.4. The highest BCUT2D eigenvalue weighted by Gasteiger charge is 2.20. The van der Waals surface area contributed by atoms with Gasteiger partial charge in [-0.15, -0.1) is 0 Å². The molecule has 0 atom stereocenters. The van der Waals surface area contributed by atoms with Crippen molar-refractivity contribution in [2.45, 2.75) is 0 Å². The third-order valence-electron chi connectivity index (χ3n) is 10.9. The van der Waals surface area contributed by atoms with Gasteiger partial charge in [-0.3, -0.25) is 0 Å². The van der Waals surface area contributed by atoms with Crippen LogP contribution < -0.4 is 0 Å². The van der Waals surface area contributed by atoms with Crippen molar-refractivity contribution in [1.29, 1.82) is 0 Å². The molecule has 0 aliphatic carbocycles. The molecule has 57 heavy (non-hydrogen) atoms. The molecule has 11 aromatic rings. The van der Waals surface area contributed by atoms with Crippen LogP contribution in [-0.4, -0.2) is 15.0 Å². The lowest BCUT2D eigenvalue weighted by molar-refractivity contribution is 0.673. The van der Waals surface area contributed by atoms with Crippen molar-refractivity contribution in [3.63, 3.8) is 0 Å². The second-order valence-corrected chi connectivity index (χ2v) is 14.4. The lowest BCUT2D eigenvalue weighted by atomic mass is 9.94. The van der Waals surface area contributed by atoms with Gasteiger partial charge in [0.2, 0.25) is 0 Å². The highest BCUT2D eigenvalue weighted by Crippen LogP contribution is 2.42. The van der Waals surface area contributed by atoms with E-state index in [1.165, 1.54) is 11.1 Å². The maximum absolute atomic E-state index is 6.93. The van der Waals surface area contributed by atoms with E-state index >= 15 is 0 Å². The van der Waals surface area contributed by atoms with Crippen molar-refractivity contribution in [3.8, 4) is 67.5 Å². The van der Waals surface area contributed by atoms with Gasteiger partial charge in [0, 0.05) is 27.3 Å². The number of hydrogen-bond donors (Lipinski definition) is 0. The van der Waals surface area contributed by atoms with Gasteiger partial charge in [0.15, 0.2) is 17.5 Å². The minimum atomic E-state index is 0.556. The standard InChI is InChI=1S/C53H33N3O/c1-3-12-34(13-4-1)37-22-27-39(28-23-37)47-33-48-45-20-11-21-46(49(45)57-50(48)44-19-10-9-18-43(44)47)53-55-51(40-29-24-38(25-30-40)35-14-5-2-6-15-35)54-52(56-53)42-31-26-36-16-7-8-17-41(36)32-42/h1-33H. The molecule has 0 aliphatic heterocycles. The largest absolute Gasteiger partial charge is 0.455 e. The molecular formula is C53H33N3O. The van der Waals surface area contributed by atoms with Crippen LogP contribution in [0.3, 0.4) is 0 Å². The lowest BCUT2D eigenvalue weighted by Crippen LogP contribution is -2.00. The molecular weight excluding hydrogens is 695 g/mol. The fourth-order valence-electron chi connectivity index (χ4n) is 8.03. The Kier molecular flexibility index (Phi) is 7.78. The first-order chi connectivity index (χ1) is 28.2. The molecule has 2 aromatic heterocycles. The molecule has 4 heteroatoms. The first kappa shape index (κ1) is 32.7. The maximum atomic E-state index is 6.93. The van der Waals surface area contributed by atoms with Crippen molar-refractivity contribution in [1.82, 2.24) is 15.0 Å². The third-order valence-corrected chi connectivity index (χ3v) is 10.9. The van der Waals surface area contributed by atoms with Gasteiger partial charge in [0.05, 0.1) is 5.56 Å². The highest BCUT2D eigenvalue weighted by atomic mass is 16.3. The van der Waals surface area contributed by atoms with Gasteiger partial charge in [-0.25, -0.2) is 15.0 Å². The Balaban J connectivity index is 1.09. The van der Waals surface area contributed by atoms with Crippen molar-refractivity contribution in [3.05, 3.63) is 200 Å². The van der Waals surface area contributed by atoms with E-state index in [9.17, 15) is 0 Å². The van der Waals surface area contributed by atoms with Crippen LogP contribution in [0.15, 0.2) is 205 Å². The zero-order valence-corrected chi connectivity index (χ0v) is 30.8. The fourth-order valence-corrected chi connectivity index (χ4v) is 8.03. The van der Waals surface area contributed by atoms with E-state index in [0.717, 1.165) is 82.4 Å². The Morgan fingerprint density at radius 2 is 0.754 bits per heavy atom. The summed E-state index contributed by atoms with van der Waals surface area (Å²) in [6.07, 6.45) is 0. The van der Waals surface area contributed by atoms with Crippen LogP contribution >= 0.6 is 0 Å². The number of rotatable bonds is 6. The SMILES string of the molecule is c1ccc(-c2ccc(-c3nc(-c4ccc5ccccc5c4)nc(-c4cccc5c4oc4c6ccccc6c(-c6ccc(-c7ccccc7)cc6)cc54)n3)cc2)cc1. The quantitative estimate of drug-likeness (QED) is 0.171. The van der Waals surface area contributed by atoms with Crippen LogP contribution in [0.1, 0.15) is 0 Å². The molecule has 9 aromatic carbocycles. The second kappa shape index (κ2) is 13.6. The first-order valence-corrected chi connectivity index (χ1v) is 19.2. The van der Waals surface area contributed by atoms with Crippen LogP contribution in [0, 0.1) is 0 Å². The van der Waals surface area contributed by atoms with Crippen LogP contribution in [0.25, 0.3) is 111 Å². The lowest BCUT2D eigenvalue weighted by Gasteiger charge is -2.10. The Morgan fingerprint density at radius 1 is 0.263 bits per heavy atom. The summed E-state index contributed by atoms with van der Waals surface area (Å²) in [6, 6.07) is 69.9. The minimum absolute atomic E-state index is 0.556. The zero-order chi connectivity index (χ0) is 37.7. The normalized spacial score (nSPS) is 11.5. The molecule has 0 fully saturated rings. The summed E-state index contributed by atoms with van der Waals surface area (Å²) in [5, 5.41) is 6.55.